The van der Waals surface area contributed by atoms with Crippen molar-refractivity contribution in [3.05, 3.63) is 71.2 Å². The van der Waals surface area contributed by atoms with Gasteiger partial charge in [0.15, 0.2) is 17.3 Å². The van der Waals surface area contributed by atoms with Crippen LogP contribution >= 0.6 is 0 Å². The second kappa shape index (κ2) is 9.41. The number of aromatic nitrogens is 4. The number of nitrogens with two attached hydrogens (primary N) is 1. The van der Waals surface area contributed by atoms with E-state index in [1.54, 1.807) is 29.3 Å². The van der Waals surface area contributed by atoms with E-state index in [4.69, 9.17) is 12.3 Å². The summed E-state index contributed by atoms with van der Waals surface area (Å²) in [5, 5.41) is 9.70. The van der Waals surface area contributed by atoms with Crippen LogP contribution in [0.2, 0.25) is 0 Å². The van der Waals surface area contributed by atoms with Crippen molar-refractivity contribution in [2.24, 2.45) is 10.8 Å². The number of amides is 3. The second-order valence-corrected chi connectivity index (χ2v) is 8.24. The van der Waals surface area contributed by atoms with Gasteiger partial charge < -0.3 is 15.5 Å². The van der Waals surface area contributed by atoms with Crippen molar-refractivity contribution < 1.29 is 14.0 Å². The number of carbonyl (C=O) groups excluding carboxylic acids is 2. The Bertz CT molecular complexity index is 1390. The molecule has 0 bridgehead atoms. The molecule has 2 N–H and O–H groups in total. The van der Waals surface area contributed by atoms with Gasteiger partial charge in [0, 0.05) is 45.0 Å². The Balaban J connectivity index is 1.27. The lowest BCUT2D eigenvalue weighted by atomic mass is 10.0. The summed E-state index contributed by atoms with van der Waals surface area (Å²) in [6.45, 7) is 8.88. The van der Waals surface area contributed by atoms with Crippen LogP contribution in [0, 0.1) is 12.4 Å². The Labute approximate surface area is 205 Å². The van der Waals surface area contributed by atoms with Crippen molar-refractivity contribution in [2.75, 3.05) is 31.1 Å². The molecule has 3 aromatic rings. The summed E-state index contributed by atoms with van der Waals surface area (Å²) < 4.78 is 15.5. The fraction of sp³-hybridized carbons (Fsp3) is 0.261. The van der Waals surface area contributed by atoms with Crippen LogP contribution in [0.25, 0.3) is 10.7 Å². The van der Waals surface area contributed by atoms with Crippen LogP contribution in [-0.4, -0.2) is 74.0 Å². The third-order valence-corrected chi connectivity index (χ3v) is 6.04. The van der Waals surface area contributed by atoms with E-state index in [0.29, 0.717) is 38.3 Å². The predicted molar refractivity (Wildman–Crippen MR) is 127 cm³/mol. The number of urea groups is 1. The second-order valence-electron chi connectivity index (χ2n) is 8.24. The highest BCUT2D eigenvalue weighted by atomic mass is 19.1. The standard InChI is InChI=1S/C23H21FN10O2/c1-26-17-4-2-3-15(11-17)19-5-6-28-34(19)23(36)32-9-7-31(8-10-32)22-27-13-18(24)21(30-22)33-14-16(12-29-33)20(25)35/h2-4,6,11-14,19H,5,7-10H2,(H2,25,35)/t19-/m0/s1. The highest BCUT2D eigenvalue weighted by molar-refractivity contribution is 5.92. The van der Waals surface area contributed by atoms with Crippen LogP contribution < -0.4 is 10.6 Å². The van der Waals surface area contributed by atoms with Gasteiger partial charge in [-0.3, -0.25) is 4.79 Å². The average Bonchev–Trinajstić information content (AvgIpc) is 3.59. The number of nitrogens with zero attached hydrogens (tertiary/aromatic N) is 9. The van der Waals surface area contributed by atoms with Crippen molar-refractivity contribution in [1.29, 1.82) is 0 Å². The van der Waals surface area contributed by atoms with Gasteiger partial charge in [-0.15, -0.1) is 0 Å². The van der Waals surface area contributed by atoms with E-state index in [-0.39, 0.29) is 29.4 Å². The van der Waals surface area contributed by atoms with Gasteiger partial charge in [-0.2, -0.15) is 15.2 Å². The molecule has 0 saturated carbocycles. The van der Waals surface area contributed by atoms with Crippen molar-refractivity contribution >= 4 is 29.8 Å². The summed E-state index contributed by atoms with van der Waals surface area (Å²) >= 11 is 0. The Kier molecular flexibility index (Phi) is 5.99. The zero-order valence-electron chi connectivity index (χ0n) is 19.0. The lowest BCUT2D eigenvalue weighted by molar-refractivity contribution is 0.1000. The maximum absolute atomic E-state index is 14.4. The summed E-state index contributed by atoms with van der Waals surface area (Å²) in [6.07, 6.45) is 5.86. The topological polar surface area (TPSA) is 130 Å². The molecular weight excluding hydrogens is 467 g/mol. The molecular formula is C23H21FN10O2. The molecule has 1 aromatic carbocycles. The lowest BCUT2D eigenvalue weighted by Crippen LogP contribution is -2.52. The number of anilines is 1. The first-order valence-corrected chi connectivity index (χ1v) is 11.1. The number of primary amides is 1. The molecule has 13 heteroatoms. The molecule has 3 amide bonds. The van der Waals surface area contributed by atoms with Crippen molar-refractivity contribution in [3.8, 4) is 5.82 Å². The molecule has 2 aliphatic rings. The van der Waals surface area contributed by atoms with Crippen LogP contribution in [0.15, 0.2) is 48.0 Å². The maximum atomic E-state index is 14.4. The van der Waals surface area contributed by atoms with Crippen molar-refractivity contribution in [1.82, 2.24) is 29.7 Å². The highest BCUT2D eigenvalue weighted by Gasteiger charge is 2.33. The molecule has 0 aliphatic carbocycles. The van der Waals surface area contributed by atoms with E-state index in [9.17, 15) is 14.0 Å². The SMILES string of the molecule is [C-]#[N+]c1cccc([C@@H]2CC=NN2C(=O)N2CCN(c3ncc(F)c(-n4cc(C(N)=O)cn4)n3)CC2)c1. The van der Waals surface area contributed by atoms with Gasteiger partial charge in [0.2, 0.25) is 5.95 Å². The lowest BCUT2D eigenvalue weighted by Gasteiger charge is -2.37. The van der Waals surface area contributed by atoms with Crippen LogP contribution in [0.3, 0.4) is 0 Å². The zero-order valence-corrected chi connectivity index (χ0v) is 19.0. The number of piperazine rings is 1. The van der Waals surface area contributed by atoms with E-state index < -0.39 is 11.7 Å². The minimum absolute atomic E-state index is 0.109. The van der Waals surface area contributed by atoms with E-state index >= 15 is 0 Å². The minimum atomic E-state index is -0.702. The van der Waals surface area contributed by atoms with Crippen LogP contribution in [0.4, 0.5) is 20.8 Å². The van der Waals surface area contributed by atoms with E-state index in [1.807, 2.05) is 11.0 Å². The molecule has 12 nitrogen and oxygen atoms in total. The number of hydrazone groups is 1. The minimum Gasteiger partial charge on any atom is -0.366 e. The normalized spacial score (nSPS) is 17.3. The monoisotopic (exact) mass is 488 g/mol. The number of hydrogen-bond acceptors (Lipinski definition) is 7. The fourth-order valence-corrected chi connectivity index (χ4v) is 4.15. The summed E-state index contributed by atoms with van der Waals surface area (Å²) in [5.41, 5.74) is 6.75. The third-order valence-electron chi connectivity index (χ3n) is 6.04. The molecule has 2 aromatic heterocycles. The van der Waals surface area contributed by atoms with Gasteiger partial charge >= 0.3 is 6.03 Å². The number of hydrogen-bond donors (Lipinski definition) is 1. The van der Waals surface area contributed by atoms with E-state index in [2.05, 4.69) is 25.0 Å². The fourth-order valence-electron chi connectivity index (χ4n) is 4.15. The van der Waals surface area contributed by atoms with E-state index in [0.717, 1.165) is 16.4 Å². The molecule has 2 aliphatic heterocycles. The molecule has 4 heterocycles. The Hall–Kier alpha value is -4.86. The summed E-state index contributed by atoms with van der Waals surface area (Å²) in [5.74, 6) is -1.21. The first kappa shape index (κ1) is 22.9. The number of halogens is 1. The Morgan fingerprint density at radius 3 is 2.69 bits per heavy atom. The number of rotatable bonds is 4. The smallest absolute Gasteiger partial charge is 0.341 e. The van der Waals surface area contributed by atoms with Crippen LogP contribution in [0.1, 0.15) is 28.4 Å². The van der Waals surface area contributed by atoms with Gasteiger partial charge in [-0.25, -0.2) is 28.7 Å². The Morgan fingerprint density at radius 2 is 1.97 bits per heavy atom. The number of benzene rings is 1. The maximum Gasteiger partial charge on any atom is 0.341 e. The molecule has 0 radical (unpaired) electrons. The van der Waals surface area contributed by atoms with Crippen LogP contribution in [0.5, 0.6) is 0 Å². The Morgan fingerprint density at radius 1 is 1.17 bits per heavy atom. The molecule has 36 heavy (non-hydrogen) atoms. The summed E-state index contributed by atoms with van der Waals surface area (Å²) in [6, 6.07) is 6.71. The highest BCUT2D eigenvalue weighted by Crippen LogP contribution is 2.31. The predicted octanol–water partition coefficient (Wildman–Crippen LogP) is 2.13. The molecule has 1 fully saturated rings. The molecule has 1 atom stereocenters. The van der Waals surface area contributed by atoms with Crippen LogP contribution in [-0.2, 0) is 0 Å². The molecule has 182 valence electrons. The first-order valence-electron chi connectivity index (χ1n) is 11.1. The molecule has 0 unspecified atom stereocenters. The van der Waals surface area contributed by atoms with Crippen molar-refractivity contribution in [2.45, 2.75) is 12.5 Å². The van der Waals surface area contributed by atoms with Gasteiger partial charge in [-0.1, -0.05) is 24.3 Å². The molecule has 5 rings (SSSR count). The van der Waals surface area contributed by atoms with Gasteiger partial charge in [0.05, 0.1) is 30.6 Å². The van der Waals surface area contributed by atoms with Crippen molar-refractivity contribution in [3.63, 3.8) is 0 Å². The number of carbonyl (C=O) groups is 2. The quantitative estimate of drug-likeness (QED) is 0.560. The van der Waals surface area contributed by atoms with E-state index in [1.165, 1.54) is 17.4 Å². The summed E-state index contributed by atoms with van der Waals surface area (Å²) in [4.78, 5) is 40.0. The van der Waals surface area contributed by atoms with Gasteiger partial charge in [-0.05, 0) is 5.56 Å². The zero-order chi connectivity index (χ0) is 25.2. The first-order chi connectivity index (χ1) is 17.4. The largest absolute Gasteiger partial charge is 0.366 e. The molecule has 1 saturated heterocycles. The van der Waals surface area contributed by atoms with Gasteiger partial charge in [0.25, 0.3) is 5.91 Å². The molecule has 0 spiro atoms. The summed E-state index contributed by atoms with van der Waals surface area (Å²) in [7, 11) is 0. The third kappa shape index (κ3) is 4.31. The average molecular weight is 488 g/mol. The van der Waals surface area contributed by atoms with Gasteiger partial charge in [0.1, 0.15) is 0 Å².